The number of para-hydroxylation sites is 1. The maximum Gasteiger partial charge on any atom is 0.239 e. The highest BCUT2D eigenvalue weighted by atomic mass is 32.1. The van der Waals surface area contributed by atoms with Crippen molar-refractivity contribution in [2.24, 2.45) is 5.73 Å². The van der Waals surface area contributed by atoms with Gasteiger partial charge in [0.05, 0.1) is 28.1 Å². The van der Waals surface area contributed by atoms with E-state index in [2.05, 4.69) is 21.5 Å². The largest absolute Gasteiger partial charge is 0.374 e. The van der Waals surface area contributed by atoms with Crippen molar-refractivity contribution in [3.8, 4) is 0 Å². The molecule has 108 valence electrons. The molecule has 1 amide bonds. The molecule has 0 saturated heterocycles. The minimum absolute atomic E-state index is 0.0635. The Hall–Kier alpha value is -2.41. The number of anilines is 1. The van der Waals surface area contributed by atoms with Gasteiger partial charge in [0.15, 0.2) is 0 Å². The van der Waals surface area contributed by atoms with Crippen molar-refractivity contribution in [1.82, 2.24) is 14.8 Å². The Morgan fingerprint density at radius 1 is 1.48 bits per heavy atom. The van der Waals surface area contributed by atoms with E-state index in [1.165, 1.54) is 9.38 Å². The average Bonchev–Trinajstić information content (AvgIpc) is 3.04. The second-order valence-electron chi connectivity index (χ2n) is 4.78. The van der Waals surface area contributed by atoms with E-state index in [0.29, 0.717) is 0 Å². The Kier molecular flexibility index (Phi) is 3.57. The molecular formula is C14H15N5OS. The van der Waals surface area contributed by atoms with Gasteiger partial charge in [-0.25, -0.2) is 4.98 Å². The van der Waals surface area contributed by atoms with E-state index in [1.807, 2.05) is 25.1 Å². The molecule has 0 bridgehead atoms. The maximum atomic E-state index is 10.9. The standard InChI is InChI=1S/C14H15N5OS/c1-9(14-18-11-4-2-3-5-12(11)21-14)17-10-6-16-19(7-10)8-13(15)20/h2-7,9,17H,8H2,1H3,(H2,15,20). The molecule has 3 rings (SSSR count). The van der Waals surface area contributed by atoms with E-state index in [0.717, 1.165) is 16.2 Å². The number of nitrogens with one attached hydrogen (secondary N) is 1. The third-order valence-electron chi connectivity index (χ3n) is 3.02. The first-order valence-electron chi connectivity index (χ1n) is 6.54. The van der Waals surface area contributed by atoms with Crippen LogP contribution in [0, 0.1) is 0 Å². The molecule has 1 aromatic carbocycles. The molecule has 0 aliphatic carbocycles. The predicted molar refractivity (Wildman–Crippen MR) is 83.1 cm³/mol. The summed E-state index contributed by atoms with van der Waals surface area (Å²) < 4.78 is 2.68. The minimum Gasteiger partial charge on any atom is -0.374 e. The van der Waals surface area contributed by atoms with E-state index in [-0.39, 0.29) is 12.6 Å². The van der Waals surface area contributed by atoms with Crippen molar-refractivity contribution < 1.29 is 4.79 Å². The molecule has 1 unspecified atom stereocenters. The molecule has 7 heteroatoms. The molecule has 1 atom stereocenters. The SMILES string of the molecule is CC(Nc1cnn(CC(N)=O)c1)c1nc2ccccc2s1. The van der Waals surface area contributed by atoms with Crippen LogP contribution in [-0.2, 0) is 11.3 Å². The zero-order chi connectivity index (χ0) is 14.8. The van der Waals surface area contributed by atoms with Crippen molar-refractivity contribution in [2.75, 3.05) is 5.32 Å². The fraction of sp³-hybridized carbons (Fsp3) is 0.214. The van der Waals surface area contributed by atoms with Crippen LogP contribution in [0.3, 0.4) is 0 Å². The molecule has 0 fully saturated rings. The lowest BCUT2D eigenvalue weighted by Crippen LogP contribution is -2.18. The first kappa shape index (κ1) is 13.6. The quantitative estimate of drug-likeness (QED) is 0.756. The second kappa shape index (κ2) is 5.53. The number of fused-ring (bicyclic) bond motifs is 1. The topological polar surface area (TPSA) is 85.8 Å². The number of amides is 1. The summed E-state index contributed by atoms with van der Waals surface area (Å²) in [6.45, 7) is 2.13. The van der Waals surface area contributed by atoms with Gasteiger partial charge in [-0.3, -0.25) is 9.48 Å². The van der Waals surface area contributed by atoms with Crippen molar-refractivity contribution in [3.63, 3.8) is 0 Å². The van der Waals surface area contributed by atoms with Crippen LogP contribution in [0.25, 0.3) is 10.2 Å². The molecule has 2 heterocycles. The number of nitrogens with zero attached hydrogens (tertiary/aromatic N) is 3. The minimum atomic E-state index is -0.413. The number of thiazole rings is 1. The highest BCUT2D eigenvalue weighted by Gasteiger charge is 2.12. The van der Waals surface area contributed by atoms with Crippen molar-refractivity contribution in [1.29, 1.82) is 0 Å². The van der Waals surface area contributed by atoms with Crippen LogP contribution in [0.2, 0.25) is 0 Å². The first-order valence-corrected chi connectivity index (χ1v) is 7.36. The number of primary amides is 1. The van der Waals surface area contributed by atoms with Gasteiger partial charge in [-0.1, -0.05) is 12.1 Å². The first-order chi connectivity index (χ1) is 10.1. The maximum absolute atomic E-state index is 10.9. The Balaban J connectivity index is 1.74. The van der Waals surface area contributed by atoms with E-state index >= 15 is 0 Å². The molecule has 0 aliphatic rings. The molecule has 0 radical (unpaired) electrons. The highest BCUT2D eigenvalue weighted by molar-refractivity contribution is 7.18. The summed E-state index contributed by atoms with van der Waals surface area (Å²) in [5.74, 6) is -0.413. The smallest absolute Gasteiger partial charge is 0.239 e. The van der Waals surface area contributed by atoms with Crippen LogP contribution in [-0.4, -0.2) is 20.7 Å². The van der Waals surface area contributed by atoms with Gasteiger partial charge in [-0.15, -0.1) is 11.3 Å². The molecule has 0 spiro atoms. The monoisotopic (exact) mass is 301 g/mol. The molecular weight excluding hydrogens is 286 g/mol. The van der Waals surface area contributed by atoms with Crippen LogP contribution < -0.4 is 11.1 Å². The van der Waals surface area contributed by atoms with Crippen LogP contribution in [0.5, 0.6) is 0 Å². The third-order valence-corrected chi connectivity index (χ3v) is 4.23. The normalized spacial score (nSPS) is 12.4. The third kappa shape index (κ3) is 3.03. The Labute approximate surface area is 125 Å². The number of benzene rings is 1. The summed E-state index contributed by atoms with van der Waals surface area (Å²) >= 11 is 1.67. The van der Waals surface area contributed by atoms with Gasteiger partial charge >= 0.3 is 0 Å². The molecule has 6 nitrogen and oxygen atoms in total. The number of rotatable bonds is 5. The van der Waals surface area contributed by atoms with Gasteiger partial charge in [0.1, 0.15) is 11.6 Å². The number of carbonyl (C=O) groups is 1. The van der Waals surface area contributed by atoms with Crippen LogP contribution >= 0.6 is 11.3 Å². The van der Waals surface area contributed by atoms with Gasteiger partial charge in [-0.05, 0) is 19.1 Å². The Morgan fingerprint density at radius 2 is 2.29 bits per heavy atom. The zero-order valence-corrected chi connectivity index (χ0v) is 12.3. The Morgan fingerprint density at radius 3 is 3.05 bits per heavy atom. The number of hydrogen-bond acceptors (Lipinski definition) is 5. The Bertz CT molecular complexity index is 745. The predicted octanol–water partition coefficient (Wildman–Crippen LogP) is 2.15. The number of hydrogen-bond donors (Lipinski definition) is 2. The van der Waals surface area contributed by atoms with E-state index in [4.69, 9.17) is 5.73 Å². The van der Waals surface area contributed by atoms with Gasteiger partial charge < -0.3 is 11.1 Å². The lowest BCUT2D eigenvalue weighted by atomic mass is 10.3. The molecule has 0 aliphatic heterocycles. The summed E-state index contributed by atoms with van der Waals surface area (Å²) in [5, 5.41) is 8.42. The summed E-state index contributed by atoms with van der Waals surface area (Å²) in [6, 6.07) is 8.13. The molecule has 0 saturated carbocycles. The summed E-state index contributed by atoms with van der Waals surface area (Å²) in [4.78, 5) is 15.5. The van der Waals surface area contributed by atoms with Gasteiger partial charge in [-0.2, -0.15) is 5.10 Å². The van der Waals surface area contributed by atoms with Crippen molar-refractivity contribution in [2.45, 2.75) is 19.5 Å². The number of aromatic nitrogens is 3. The van der Waals surface area contributed by atoms with E-state index in [9.17, 15) is 4.79 Å². The second-order valence-corrected chi connectivity index (χ2v) is 5.84. The van der Waals surface area contributed by atoms with Crippen molar-refractivity contribution in [3.05, 3.63) is 41.7 Å². The average molecular weight is 301 g/mol. The summed E-state index contributed by atoms with van der Waals surface area (Å²) in [6.07, 6.45) is 3.43. The van der Waals surface area contributed by atoms with E-state index in [1.54, 1.807) is 23.7 Å². The number of carbonyl (C=O) groups excluding carboxylic acids is 1. The fourth-order valence-corrected chi connectivity index (χ4v) is 3.04. The van der Waals surface area contributed by atoms with Crippen LogP contribution in [0.1, 0.15) is 18.0 Å². The van der Waals surface area contributed by atoms with Crippen molar-refractivity contribution >= 4 is 33.1 Å². The summed E-state index contributed by atoms with van der Waals surface area (Å²) in [7, 11) is 0. The lowest BCUT2D eigenvalue weighted by molar-refractivity contribution is -0.118. The fourth-order valence-electron chi connectivity index (χ4n) is 2.07. The van der Waals surface area contributed by atoms with Crippen LogP contribution in [0.15, 0.2) is 36.7 Å². The van der Waals surface area contributed by atoms with Gasteiger partial charge in [0.2, 0.25) is 5.91 Å². The lowest BCUT2D eigenvalue weighted by Gasteiger charge is -2.09. The number of nitrogens with two attached hydrogens (primary N) is 1. The summed E-state index contributed by atoms with van der Waals surface area (Å²) in [5.41, 5.74) is 6.99. The molecule has 3 N–H and O–H groups in total. The van der Waals surface area contributed by atoms with E-state index < -0.39 is 5.91 Å². The molecule has 3 aromatic rings. The zero-order valence-electron chi connectivity index (χ0n) is 11.5. The van der Waals surface area contributed by atoms with Crippen LogP contribution in [0.4, 0.5) is 5.69 Å². The highest BCUT2D eigenvalue weighted by Crippen LogP contribution is 2.28. The molecule has 2 aromatic heterocycles. The molecule has 21 heavy (non-hydrogen) atoms. The van der Waals surface area contributed by atoms with Gasteiger partial charge in [0.25, 0.3) is 0 Å². The van der Waals surface area contributed by atoms with Gasteiger partial charge in [0, 0.05) is 6.20 Å².